The molecule has 0 radical (unpaired) electrons. The molecule has 6 nitrogen and oxygen atoms in total. The topological polar surface area (TPSA) is 60.3 Å². The van der Waals surface area contributed by atoms with Crippen molar-refractivity contribution in [2.75, 3.05) is 11.4 Å². The summed E-state index contributed by atoms with van der Waals surface area (Å²) in [5.74, 6) is 2.25. The number of anilines is 1. The van der Waals surface area contributed by atoms with Crippen molar-refractivity contribution in [1.29, 1.82) is 0 Å². The summed E-state index contributed by atoms with van der Waals surface area (Å²) in [6, 6.07) is 12.6. The molecule has 152 valence electrons. The molecular weight excluding hydrogens is 383 g/mol. The Morgan fingerprint density at radius 3 is 2.77 bits per heavy atom. The number of unbranched alkanes of at least 4 members (excludes halogenated alkanes) is 1. The molecule has 0 bridgehead atoms. The highest BCUT2D eigenvalue weighted by molar-refractivity contribution is 5.90. The van der Waals surface area contributed by atoms with E-state index in [-0.39, 0.29) is 11.9 Å². The molecule has 7 heteroatoms. The van der Waals surface area contributed by atoms with E-state index < -0.39 is 6.09 Å². The molecule has 1 aliphatic rings. The van der Waals surface area contributed by atoms with Crippen LogP contribution in [0.1, 0.15) is 18.4 Å². The fourth-order valence-corrected chi connectivity index (χ4v) is 3.52. The van der Waals surface area contributed by atoms with Crippen LogP contribution in [-0.2, 0) is 17.7 Å². The van der Waals surface area contributed by atoms with E-state index in [1.54, 1.807) is 29.2 Å². The van der Waals surface area contributed by atoms with Gasteiger partial charge in [0.25, 0.3) is 0 Å². The Balaban J connectivity index is 1.45. The maximum atomic E-state index is 14.8. The van der Waals surface area contributed by atoms with Crippen molar-refractivity contribution in [1.82, 2.24) is 15.0 Å². The number of rotatable bonds is 7. The van der Waals surface area contributed by atoms with Gasteiger partial charge in [0.1, 0.15) is 11.9 Å². The summed E-state index contributed by atoms with van der Waals surface area (Å²) in [5, 5.41) is 7.61. The van der Waals surface area contributed by atoms with Crippen LogP contribution in [0, 0.1) is 18.2 Å². The first-order valence-electron chi connectivity index (χ1n) is 9.78. The summed E-state index contributed by atoms with van der Waals surface area (Å²) in [5.41, 5.74) is 2.91. The molecule has 1 aromatic heterocycles. The Morgan fingerprint density at radius 1 is 1.23 bits per heavy atom. The minimum absolute atomic E-state index is 0.323. The third kappa shape index (κ3) is 4.33. The molecule has 1 amide bonds. The van der Waals surface area contributed by atoms with Gasteiger partial charge in [-0.05, 0) is 42.2 Å². The van der Waals surface area contributed by atoms with E-state index in [9.17, 15) is 9.18 Å². The Hall–Kier alpha value is -3.66. The average molecular weight is 404 g/mol. The van der Waals surface area contributed by atoms with Crippen molar-refractivity contribution < 1.29 is 13.9 Å². The minimum atomic E-state index is -0.497. The van der Waals surface area contributed by atoms with E-state index in [2.05, 4.69) is 16.2 Å². The number of cyclic esters (lactones) is 1. The summed E-state index contributed by atoms with van der Waals surface area (Å²) in [6.45, 7) is 0.723. The molecule has 3 aromatic rings. The minimum Gasteiger partial charge on any atom is -0.442 e. The molecule has 1 saturated heterocycles. The normalized spacial score (nSPS) is 15.8. The molecule has 0 unspecified atom stereocenters. The second-order valence-corrected chi connectivity index (χ2v) is 7.16. The number of carbonyl (C=O) groups excluding carboxylic acids is 1. The number of amides is 1. The van der Waals surface area contributed by atoms with Gasteiger partial charge in [-0.25, -0.2) is 13.9 Å². The molecule has 1 fully saturated rings. The quantitative estimate of drug-likeness (QED) is 0.440. The number of aromatic nitrogens is 3. The summed E-state index contributed by atoms with van der Waals surface area (Å²) >= 11 is 0. The maximum absolute atomic E-state index is 14.8. The molecule has 0 spiro atoms. The zero-order chi connectivity index (χ0) is 20.9. The van der Waals surface area contributed by atoms with Crippen molar-refractivity contribution in [3.63, 3.8) is 0 Å². The predicted molar refractivity (Wildman–Crippen MR) is 111 cm³/mol. The van der Waals surface area contributed by atoms with Crippen LogP contribution in [0.25, 0.3) is 11.1 Å². The van der Waals surface area contributed by atoms with Gasteiger partial charge in [0.15, 0.2) is 0 Å². The fourth-order valence-electron chi connectivity index (χ4n) is 3.52. The molecular formula is C23H21FN4O2. The number of hydrogen-bond donors (Lipinski definition) is 0. The van der Waals surface area contributed by atoms with Crippen LogP contribution in [0.3, 0.4) is 0 Å². The van der Waals surface area contributed by atoms with Crippen molar-refractivity contribution in [2.24, 2.45) is 0 Å². The van der Waals surface area contributed by atoms with Gasteiger partial charge < -0.3 is 4.74 Å². The zero-order valence-electron chi connectivity index (χ0n) is 16.4. The molecule has 0 saturated carbocycles. The average Bonchev–Trinajstić information content (AvgIpc) is 3.38. The maximum Gasteiger partial charge on any atom is 0.414 e. The third-order valence-electron chi connectivity index (χ3n) is 5.05. The van der Waals surface area contributed by atoms with E-state index >= 15 is 0 Å². The lowest BCUT2D eigenvalue weighted by Crippen LogP contribution is -2.26. The van der Waals surface area contributed by atoms with Crippen LogP contribution in [0.2, 0.25) is 0 Å². The van der Waals surface area contributed by atoms with E-state index in [0.29, 0.717) is 24.3 Å². The van der Waals surface area contributed by atoms with E-state index in [1.807, 2.05) is 24.3 Å². The summed E-state index contributed by atoms with van der Waals surface area (Å²) < 4.78 is 21.8. The zero-order valence-corrected chi connectivity index (χ0v) is 16.4. The van der Waals surface area contributed by atoms with Gasteiger partial charge in [-0.15, -0.1) is 17.4 Å². The Bertz CT molecular complexity index is 1060. The van der Waals surface area contributed by atoms with Crippen LogP contribution in [0.15, 0.2) is 54.9 Å². The number of ether oxygens (including phenoxy) is 1. The van der Waals surface area contributed by atoms with Gasteiger partial charge in [-0.2, -0.15) is 0 Å². The highest BCUT2D eigenvalue weighted by Crippen LogP contribution is 2.29. The SMILES string of the molecule is C#CCCCc1ccc(-c2ccc(N3C[C@H](Cn4ccnn4)OC3=O)cc2F)cc1. The lowest BCUT2D eigenvalue weighted by molar-refractivity contribution is 0.129. The predicted octanol–water partition coefficient (Wildman–Crippen LogP) is 4.07. The number of halogens is 1. The molecule has 1 aliphatic heterocycles. The highest BCUT2D eigenvalue weighted by Gasteiger charge is 2.33. The van der Waals surface area contributed by atoms with Crippen LogP contribution in [-0.4, -0.2) is 33.7 Å². The smallest absolute Gasteiger partial charge is 0.414 e. The largest absolute Gasteiger partial charge is 0.442 e. The number of carbonyl (C=O) groups is 1. The van der Waals surface area contributed by atoms with Crippen LogP contribution >= 0.6 is 0 Å². The van der Waals surface area contributed by atoms with Crippen LogP contribution in [0.5, 0.6) is 0 Å². The first kappa shape index (κ1) is 19.6. The third-order valence-corrected chi connectivity index (χ3v) is 5.05. The second kappa shape index (κ2) is 8.78. The van der Waals surface area contributed by atoms with Crippen molar-refractivity contribution in [3.8, 4) is 23.5 Å². The molecule has 4 rings (SSSR count). The number of terminal acetylenes is 1. The molecule has 30 heavy (non-hydrogen) atoms. The summed E-state index contributed by atoms with van der Waals surface area (Å²) in [6.07, 6.45) is 10.3. The number of aryl methyl sites for hydroxylation is 1. The Kier molecular flexibility index (Phi) is 5.75. The lowest BCUT2D eigenvalue weighted by atomic mass is 10.0. The number of hydrogen-bond acceptors (Lipinski definition) is 4. The molecule has 2 heterocycles. The van der Waals surface area contributed by atoms with Gasteiger partial charge in [0, 0.05) is 18.2 Å². The van der Waals surface area contributed by atoms with Gasteiger partial charge in [0.2, 0.25) is 0 Å². The van der Waals surface area contributed by atoms with Crippen molar-refractivity contribution >= 4 is 11.8 Å². The van der Waals surface area contributed by atoms with E-state index in [4.69, 9.17) is 11.2 Å². The van der Waals surface area contributed by atoms with E-state index in [1.165, 1.54) is 16.5 Å². The van der Waals surface area contributed by atoms with Crippen molar-refractivity contribution in [2.45, 2.75) is 31.9 Å². The standard InChI is InChI=1S/C23H21FN4O2/c1-2-3-4-5-17-6-8-18(9-7-17)21-11-10-19(14-22(21)24)28-16-20(30-23(28)29)15-27-13-12-25-26-27/h1,6-14,20H,3-5,15-16H2/t20-/m0/s1. The van der Waals surface area contributed by atoms with Gasteiger partial charge in [-0.1, -0.05) is 29.5 Å². The first-order valence-corrected chi connectivity index (χ1v) is 9.78. The highest BCUT2D eigenvalue weighted by atomic mass is 19.1. The van der Waals surface area contributed by atoms with Gasteiger partial charge in [-0.3, -0.25) is 4.90 Å². The van der Waals surface area contributed by atoms with Gasteiger partial charge >= 0.3 is 6.09 Å². The number of nitrogens with zero attached hydrogens (tertiary/aromatic N) is 4. The lowest BCUT2D eigenvalue weighted by Gasteiger charge is -2.14. The molecule has 0 aliphatic carbocycles. The van der Waals surface area contributed by atoms with Crippen molar-refractivity contribution in [3.05, 3.63) is 66.2 Å². The van der Waals surface area contributed by atoms with Gasteiger partial charge in [0.05, 0.1) is 25.0 Å². The van der Waals surface area contributed by atoms with E-state index in [0.717, 1.165) is 24.8 Å². The second-order valence-electron chi connectivity index (χ2n) is 7.16. The fraction of sp³-hybridized carbons (Fsp3) is 0.261. The first-order chi connectivity index (χ1) is 14.6. The Morgan fingerprint density at radius 2 is 2.07 bits per heavy atom. The molecule has 1 atom stereocenters. The number of benzene rings is 2. The Labute approximate surface area is 174 Å². The molecule has 0 N–H and O–H groups in total. The monoisotopic (exact) mass is 404 g/mol. The van der Waals surface area contributed by atoms with Crippen LogP contribution in [0.4, 0.5) is 14.9 Å². The summed E-state index contributed by atoms with van der Waals surface area (Å²) in [4.78, 5) is 13.7. The van der Waals surface area contributed by atoms with Crippen LogP contribution < -0.4 is 4.90 Å². The molecule has 2 aromatic carbocycles. The summed E-state index contributed by atoms with van der Waals surface area (Å²) in [7, 11) is 0.